The van der Waals surface area contributed by atoms with Gasteiger partial charge < -0.3 is 5.32 Å². The zero-order valence-corrected chi connectivity index (χ0v) is 6.90. The molecule has 0 aromatic rings. The second-order valence-corrected chi connectivity index (χ2v) is 5.12. The standard InChI is InChI=1S/C5H6NO.Al.2H/c7-5-4-1-3(4)2-6-5;;;/h4H,1-2H2,(H,6,7);;;. The molecule has 2 atom stereocenters. The predicted octanol–water partition coefficient (Wildman–Crippen LogP) is -1.07. The highest BCUT2D eigenvalue weighted by molar-refractivity contribution is 6.22. The molecule has 1 aliphatic carbocycles. The first-order valence-electron chi connectivity index (χ1n) is 3.00. The van der Waals surface area contributed by atoms with Crippen LogP contribution in [0.5, 0.6) is 0 Å². The van der Waals surface area contributed by atoms with E-state index in [4.69, 9.17) is 0 Å². The Balaban J connectivity index is 2.26. The third-order valence-electron chi connectivity index (χ3n) is 2.33. The lowest BCUT2D eigenvalue weighted by Gasteiger charge is -1.97. The molecule has 0 aromatic carbocycles. The maximum Gasteiger partial charge on any atom is 0.225 e. The minimum atomic E-state index is 0.306. The van der Waals surface area contributed by atoms with E-state index in [1.807, 2.05) is 0 Å². The quantitative estimate of drug-likeness (QED) is 0.410. The summed E-state index contributed by atoms with van der Waals surface area (Å²) in [6.07, 6.45) is 1.19. The van der Waals surface area contributed by atoms with Gasteiger partial charge in [-0.1, -0.05) is 4.28 Å². The molecule has 0 spiro atoms. The molecule has 1 heterocycles. The minimum absolute atomic E-state index is 0.306. The Kier molecular flexibility index (Phi) is 0.678. The van der Waals surface area contributed by atoms with Crippen LogP contribution in [0.2, 0.25) is 4.28 Å². The van der Waals surface area contributed by atoms with Gasteiger partial charge >= 0.3 is 0 Å². The third kappa shape index (κ3) is 0.416. The number of piperidine rings is 1. The Labute approximate surface area is 56.1 Å². The number of rotatable bonds is 0. The number of amides is 1. The molecule has 8 heavy (non-hydrogen) atoms. The van der Waals surface area contributed by atoms with Crippen molar-refractivity contribution < 1.29 is 4.79 Å². The molecule has 2 rings (SSSR count). The summed E-state index contributed by atoms with van der Waals surface area (Å²) in [5.74, 6) is 0.745. The van der Waals surface area contributed by atoms with Crippen LogP contribution in [-0.4, -0.2) is 28.7 Å². The Hall–Kier alpha value is 0.00247. The Morgan fingerprint density at radius 1 is 1.88 bits per heavy atom. The van der Waals surface area contributed by atoms with E-state index in [0.29, 0.717) is 16.1 Å². The first-order chi connectivity index (χ1) is 3.72. The fourth-order valence-electron chi connectivity index (χ4n) is 1.42. The largest absolute Gasteiger partial charge is 0.357 e. The predicted molar refractivity (Wildman–Crippen MR) is 32.4 cm³/mol. The minimum Gasteiger partial charge on any atom is -0.357 e. The van der Waals surface area contributed by atoms with E-state index in [2.05, 4.69) is 5.32 Å². The summed E-state index contributed by atoms with van der Waals surface area (Å²) >= 11 is 1.19. The van der Waals surface area contributed by atoms with Crippen molar-refractivity contribution in [3.8, 4) is 0 Å². The van der Waals surface area contributed by atoms with Gasteiger partial charge in [0.25, 0.3) is 0 Å². The summed E-state index contributed by atoms with van der Waals surface area (Å²) < 4.78 is 0.511. The van der Waals surface area contributed by atoms with Gasteiger partial charge in [0.05, 0.1) is 0 Å². The van der Waals surface area contributed by atoms with E-state index < -0.39 is 0 Å². The lowest BCUT2D eigenvalue weighted by atomic mass is 10.4. The number of hydrogen-bond acceptors (Lipinski definition) is 1. The highest BCUT2D eigenvalue weighted by Gasteiger charge is 2.57. The summed E-state index contributed by atoms with van der Waals surface area (Å²) in [5, 5.41) is 2.86. The Morgan fingerprint density at radius 3 is 2.75 bits per heavy atom. The number of carbonyl (C=O) groups excluding carboxylic acids is 1. The van der Waals surface area contributed by atoms with Crippen LogP contribution in [0.25, 0.3) is 0 Å². The van der Waals surface area contributed by atoms with Crippen LogP contribution >= 0.6 is 0 Å². The molecular formula is C5H8AlNO. The van der Waals surface area contributed by atoms with Gasteiger partial charge in [0.15, 0.2) is 0 Å². The van der Waals surface area contributed by atoms with Gasteiger partial charge in [-0.2, -0.15) is 0 Å². The summed E-state index contributed by atoms with van der Waals surface area (Å²) in [7, 11) is 0. The maximum atomic E-state index is 10.7. The van der Waals surface area contributed by atoms with E-state index in [9.17, 15) is 4.79 Å². The molecule has 1 saturated heterocycles. The van der Waals surface area contributed by atoms with Crippen molar-refractivity contribution in [3.63, 3.8) is 0 Å². The first kappa shape index (κ1) is 4.84. The lowest BCUT2D eigenvalue weighted by Crippen LogP contribution is -2.19. The second kappa shape index (κ2) is 1.12. The molecule has 2 fully saturated rings. The van der Waals surface area contributed by atoms with Crippen LogP contribution in [0.1, 0.15) is 6.42 Å². The van der Waals surface area contributed by atoms with Crippen molar-refractivity contribution in [1.82, 2.24) is 5.32 Å². The molecule has 42 valence electrons. The van der Waals surface area contributed by atoms with Crippen LogP contribution < -0.4 is 5.32 Å². The van der Waals surface area contributed by atoms with Gasteiger partial charge in [-0.05, 0) is 6.42 Å². The molecule has 2 aliphatic rings. The van der Waals surface area contributed by atoms with E-state index in [-0.39, 0.29) is 0 Å². The van der Waals surface area contributed by atoms with Crippen molar-refractivity contribution in [2.75, 3.05) is 6.54 Å². The SMILES string of the molecule is O=C1NC[C]2([AlH2])CC12. The van der Waals surface area contributed by atoms with Crippen molar-refractivity contribution >= 4 is 22.2 Å². The lowest BCUT2D eigenvalue weighted by molar-refractivity contribution is -0.120. The monoisotopic (exact) mass is 125 g/mol. The topological polar surface area (TPSA) is 29.1 Å². The molecular weight excluding hydrogens is 117 g/mol. The zero-order chi connectivity index (χ0) is 5.78. The van der Waals surface area contributed by atoms with Crippen molar-refractivity contribution in [2.45, 2.75) is 10.7 Å². The Bertz CT molecular complexity index is 159. The van der Waals surface area contributed by atoms with E-state index >= 15 is 0 Å². The summed E-state index contributed by atoms with van der Waals surface area (Å²) in [6.45, 7) is 0.975. The molecule has 0 aromatic heterocycles. The number of carbonyl (C=O) groups is 1. The van der Waals surface area contributed by atoms with E-state index in [1.165, 1.54) is 22.7 Å². The van der Waals surface area contributed by atoms with Crippen LogP contribution in [0.3, 0.4) is 0 Å². The van der Waals surface area contributed by atoms with Gasteiger partial charge in [0.2, 0.25) is 22.2 Å². The number of fused-ring (bicyclic) bond motifs is 1. The van der Waals surface area contributed by atoms with Crippen molar-refractivity contribution in [3.05, 3.63) is 0 Å². The molecule has 0 radical (unpaired) electrons. The van der Waals surface area contributed by atoms with Gasteiger partial charge in [-0.3, -0.25) is 4.79 Å². The highest BCUT2D eigenvalue weighted by Crippen LogP contribution is 2.59. The highest BCUT2D eigenvalue weighted by atomic mass is 27.0. The van der Waals surface area contributed by atoms with E-state index in [0.717, 1.165) is 6.54 Å². The normalized spacial score (nSPS) is 50.5. The van der Waals surface area contributed by atoms with Crippen LogP contribution in [0, 0.1) is 5.92 Å². The summed E-state index contributed by atoms with van der Waals surface area (Å²) in [5.41, 5.74) is 0. The van der Waals surface area contributed by atoms with Gasteiger partial charge in [-0.25, -0.2) is 0 Å². The maximum absolute atomic E-state index is 10.7. The van der Waals surface area contributed by atoms with Gasteiger partial charge in [0, 0.05) is 12.5 Å². The molecule has 3 heteroatoms. The summed E-state index contributed by atoms with van der Waals surface area (Å²) in [6, 6.07) is 0. The average molecular weight is 125 g/mol. The molecule has 1 amide bonds. The average Bonchev–Trinajstić information content (AvgIpc) is 2.32. The van der Waals surface area contributed by atoms with Crippen LogP contribution in [-0.2, 0) is 4.79 Å². The fourth-order valence-corrected chi connectivity index (χ4v) is 2.27. The third-order valence-corrected chi connectivity index (χ3v) is 3.79. The fraction of sp³-hybridized carbons (Fsp3) is 0.800. The second-order valence-electron chi connectivity index (χ2n) is 3.13. The molecule has 1 aliphatic heterocycles. The molecule has 1 N–H and O–H groups in total. The van der Waals surface area contributed by atoms with Crippen LogP contribution in [0.4, 0.5) is 0 Å². The van der Waals surface area contributed by atoms with E-state index in [1.54, 1.807) is 0 Å². The van der Waals surface area contributed by atoms with Gasteiger partial charge in [-0.15, -0.1) is 0 Å². The van der Waals surface area contributed by atoms with Crippen LogP contribution in [0.15, 0.2) is 0 Å². The van der Waals surface area contributed by atoms with Crippen molar-refractivity contribution in [1.29, 1.82) is 0 Å². The van der Waals surface area contributed by atoms with Crippen molar-refractivity contribution in [2.24, 2.45) is 5.92 Å². The molecule has 0 bridgehead atoms. The number of nitrogens with one attached hydrogen (secondary N) is 1. The zero-order valence-electron chi connectivity index (χ0n) is 4.90. The number of hydrogen-bond donors (Lipinski definition) is 1. The first-order valence-corrected chi connectivity index (χ1v) is 4.00. The molecule has 1 saturated carbocycles. The molecule has 2 unspecified atom stereocenters. The smallest absolute Gasteiger partial charge is 0.225 e. The summed E-state index contributed by atoms with van der Waals surface area (Å²) in [4.78, 5) is 10.7. The Morgan fingerprint density at radius 2 is 2.62 bits per heavy atom. The molecule has 2 nitrogen and oxygen atoms in total. The van der Waals surface area contributed by atoms with Gasteiger partial charge in [0.1, 0.15) is 0 Å².